The number of thiophene rings is 1. The summed E-state index contributed by atoms with van der Waals surface area (Å²) in [7, 11) is 0. The van der Waals surface area contributed by atoms with Gasteiger partial charge >= 0.3 is 5.97 Å². The molecule has 0 bridgehead atoms. The van der Waals surface area contributed by atoms with Crippen LogP contribution in [0.3, 0.4) is 0 Å². The number of hydrogen-bond acceptors (Lipinski definition) is 4. The summed E-state index contributed by atoms with van der Waals surface area (Å²) in [6, 6.07) is 3.40. The van der Waals surface area contributed by atoms with Gasteiger partial charge in [-0.3, -0.25) is 4.79 Å². The van der Waals surface area contributed by atoms with Gasteiger partial charge in [0.05, 0.1) is 11.5 Å². The first-order valence-electron chi connectivity index (χ1n) is 4.53. The normalized spacial score (nSPS) is 9.73. The fourth-order valence-electron chi connectivity index (χ4n) is 0.987. The van der Waals surface area contributed by atoms with Crippen molar-refractivity contribution < 1.29 is 14.3 Å². The molecule has 4 heteroatoms. The van der Waals surface area contributed by atoms with Gasteiger partial charge in [0, 0.05) is 4.88 Å². The van der Waals surface area contributed by atoms with Crippen LogP contribution in [0.5, 0.6) is 0 Å². The second-order valence-corrected chi connectivity index (χ2v) is 4.08. The van der Waals surface area contributed by atoms with E-state index >= 15 is 0 Å². The molecule has 0 amide bonds. The number of esters is 1. The number of allylic oxidation sites excluding steroid dienone is 1. The van der Waals surface area contributed by atoms with Gasteiger partial charge < -0.3 is 4.74 Å². The predicted molar refractivity (Wildman–Crippen MR) is 60.0 cm³/mol. The van der Waals surface area contributed by atoms with Crippen LogP contribution in [-0.2, 0) is 9.53 Å². The van der Waals surface area contributed by atoms with Crippen LogP contribution >= 0.6 is 11.3 Å². The number of hydrogen-bond donors (Lipinski definition) is 0. The molecule has 0 unspecified atom stereocenters. The van der Waals surface area contributed by atoms with E-state index in [0.717, 1.165) is 10.5 Å². The topological polar surface area (TPSA) is 43.4 Å². The minimum absolute atomic E-state index is 0.212. The smallest absolute Gasteiger partial charge is 0.380 e. The van der Waals surface area contributed by atoms with E-state index in [-0.39, 0.29) is 6.61 Å². The lowest BCUT2D eigenvalue weighted by atomic mass is 10.3. The maximum Gasteiger partial charge on any atom is 0.380 e. The van der Waals surface area contributed by atoms with Crippen LogP contribution < -0.4 is 0 Å². The number of rotatable bonds is 4. The zero-order valence-electron chi connectivity index (χ0n) is 8.70. The molecule has 0 N–H and O–H groups in total. The molecule has 0 radical (unpaired) electrons. The zero-order valence-corrected chi connectivity index (χ0v) is 9.52. The maximum absolute atomic E-state index is 11.5. The Bertz CT molecular complexity index is 404. The van der Waals surface area contributed by atoms with Crippen LogP contribution in [-0.4, -0.2) is 18.4 Å². The molecule has 1 aromatic rings. The summed E-state index contributed by atoms with van der Waals surface area (Å²) in [6.45, 7) is 7.49. The zero-order chi connectivity index (χ0) is 11.4. The lowest BCUT2D eigenvalue weighted by molar-refractivity contribution is -0.137. The Hall–Kier alpha value is -1.42. The monoisotopic (exact) mass is 224 g/mol. The van der Waals surface area contributed by atoms with Gasteiger partial charge in [-0.2, -0.15) is 0 Å². The van der Waals surface area contributed by atoms with E-state index in [2.05, 4.69) is 11.3 Å². The molecule has 0 aliphatic rings. The van der Waals surface area contributed by atoms with E-state index in [1.807, 2.05) is 6.92 Å². The first-order chi connectivity index (χ1) is 7.06. The Balaban J connectivity index is 2.83. The number of ketones is 1. The van der Waals surface area contributed by atoms with Crippen molar-refractivity contribution in [1.29, 1.82) is 0 Å². The summed E-state index contributed by atoms with van der Waals surface area (Å²) in [5, 5.41) is 0. The fourth-order valence-corrected chi connectivity index (χ4v) is 1.85. The molecule has 15 heavy (non-hydrogen) atoms. The van der Waals surface area contributed by atoms with Crippen LogP contribution in [0.25, 0.3) is 5.57 Å². The fraction of sp³-hybridized carbons (Fsp3) is 0.273. The van der Waals surface area contributed by atoms with Gasteiger partial charge in [-0.1, -0.05) is 6.58 Å². The summed E-state index contributed by atoms with van der Waals surface area (Å²) in [4.78, 5) is 23.9. The van der Waals surface area contributed by atoms with Crippen molar-refractivity contribution in [3.8, 4) is 0 Å². The third-order valence-electron chi connectivity index (χ3n) is 1.71. The van der Waals surface area contributed by atoms with Crippen molar-refractivity contribution in [3.63, 3.8) is 0 Å². The van der Waals surface area contributed by atoms with Crippen molar-refractivity contribution in [2.45, 2.75) is 13.8 Å². The Kier molecular flexibility index (Phi) is 3.80. The van der Waals surface area contributed by atoms with Gasteiger partial charge in [0.25, 0.3) is 5.78 Å². The molecule has 0 atom stereocenters. The quantitative estimate of drug-likeness (QED) is 0.448. The first-order valence-corrected chi connectivity index (χ1v) is 5.35. The summed E-state index contributed by atoms with van der Waals surface area (Å²) in [5.41, 5.74) is 0.878. The van der Waals surface area contributed by atoms with Crippen LogP contribution in [0, 0.1) is 0 Å². The van der Waals surface area contributed by atoms with Crippen molar-refractivity contribution in [2.75, 3.05) is 6.61 Å². The average Bonchev–Trinajstić information content (AvgIpc) is 2.65. The van der Waals surface area contributed by atoms with E-state index in [0.29, 0.717) is 4.88 Å². The lowest BCUT2D eigenvalue weighted by Crippen LogP contribution is -2.16. The molecular formula is C11H12O3S. The summed E-state index contributed by atoms with van der Waals surface area (Å²) in [5.74, 6) is -1.39. The highest BCUT2D eigenvalue weighted by molar-refractivity contribution is 7.15. The molecule has 1 heterocycles. The molecular weight excluding hydrogens is 212 g/mol. The van der Waals surface area contributed by atoms with Gasteiger partial charge in [0.1, 0.15) is 0 Å². The van der Waals surface area contributed by atoms with E-state index in [9.17, 15) is 9.59 Å². The largest absolute Gasteiger partial charge is 0.460 e. The highest BCUT2D eigenvalue weighted by atomic mass is 32.1. The van der Waals surface area contributed by atoms with E-state index in [4.69, 9.17) is 0 Å². The van der Waals surface area contributed by atoms with Crippen molar-refractivity contribution >= 4 is 28.7 Å². The molecule has 0 saturated carbocycles. The van der Waals surface area contributed by atoms with E-state index in [1.54, 1.807) is 19.1 Å². The molecule has 3 nitrogen and oxygen atoms in total. The third kappa shape index (κ3) is 2.76. The maximum atomic E-state index is 11.5. The second-order valence-electron chi connectivity index (χ2n) is 2.99. The van der Waals surface area contributed by atoms with Crippen LogP contribution in [0.15, 0.2) is 18.7 Å². The molecule has 0 aliphatic heterocycles. The Morgan fingerprint density at radius 2 is 2.00 bits per heavy atom. The summed E-state index contributed by atoms with van der Waals surface area (Å²) < 4.78 is 4.62. The van der Waals surface area contributed by atoms with Crippen LogP contribution in [0.2, 0.25) is 0 Å². The molecule has 0 spiro atoms. The standard InChI is InChI=1S/C11H12O3S/c1-4-14-11(13)10(12)9-6-5-8(15-9)7(2)3/h5-6H,2,4H2,1,3H3. The van der Waals surface area contributed by atoms with Gasteiger partial charge in [-0.05, 0) is 31.6 Å². The molecule has 1 rings (SSSR count). The van der Waals surface area contributed by atoms with E-state index < -0.39 is 11.8 Å². The Morgan fingerprint density at radius 1 is 1.40 bits per heavy atom. The van der Waals surface area contributed by atoms with Gasteiger partial charge in [-0.25, -0.2) is 4.79 Å². The molecule has 0 fully saturated rings. The van der Waals surface area contributed by atoms with Gasteiger partial charge in [0.2, 0.25) is 0 Å². The Morgan fingerprint density at radius 3 is 2.47 bits per heavy atom. The predicted octanol–water partition coefficient (Wildman–Crippen LogP) is 2.53. The van der Waals surface area contributed by atoms with Crippen molar-refractivity contribution in [1.82, 2.24) is 0 Å². The summed E-state index contributed by atoms with van der Waals surface area (Å²) in [6.07, 6.45) is 0. The number of carbonyl (C=O) groups excluding carboxylic acids is 2. The van der Waals surface area contributed by atoms with Gasteiger partial charge in [-0.15, -0.1) is 11.3 Å². The highest BCUT2D eigenvalue weighted by Gasteiger charge is 2.19. The number of ether oxygens (including phenoxy) is 1. The molecule has 0 aromatic carbocycles. The Labute approximate surface area is 92.4 Å². The minimum Gasteiger partial charge on any atom is -0.460 e. The molecule has 0 saturated heterocycles. The van der Waals surface area contributed by atoms with Crippen LogP contribution in [0.1, 0.15) is 28.4 Å². The van der Waals surface area contributed by atoms with E-state index in [1.165, 1.54) is 11.3 Å². The van der Waals surface area contributed by atoms with Crippen molar-refractivity contribution in [2.24, 2.45) is 0 Å². The highest BCUT2D eigenvalue weighted by Crippen LogP contribution is 2.23. The second kappa shape index (κ2) is 4.89. The molecule has 0 aliphatic carbocycles. The number of carbonyl (C=O) groups is 2. The lowest BCUT2D eigenvalue weighted by Gasteiger charge is -1.97. The minimum atomic E-state index is -0.799. The molecule has 80 valence electrons. The average molecular weight is 224 g/mol. The SMILES string of the molecule is C=C(C)c1ccc(C(=O)C(=O)OCC)s1. The first kappa shape index (κ1) is 11.7. The third-order valence-corrected chi connectivity index (χ3v) is 2.96. The number of Topliss-reactive ketones (excluding diaryl/α,β-unsaturated/α-hetero) is 1. The van der Waals surface area contributed by atoms with Gasteiger partial charge in [0.15, 0.2) is 0 Å². The summed E-state index contributed by atoms with van der Waals surface area (Å²) >= 11 is 1.25. The molecule has 1 aromatic heterocycles. The van der Waals surface area contributed by atoms with Crippen LogP contribution in [0.4, 0.5) is 0 Å². The van der Waals surface area contributed by atoms with Crippen molar-refractivity contribution in [3.05, 3.63) is 28.5 Å².